The molecule has 6 bridgehead atoms. The number of urea groups is 1. The molecule has 4 saturated heterocycles. The largest absolute Gasteiger partial charge is 0.465 e. The Morgan fingerprint density at radius 2 is 1.91 bits per heavy atom. The van der Waals surface area contributed by atoms with Crippen LogP contribution in [0.5, 0.6) is 0 Å². The Labute approximate surface area is 424 Å². The van der Waals surface area contributed by atoms with E-state index in [1.807, 2.05) is 36.7 Å². The van der Waals surface area contributed by atoms with Gasteiger partial charge in [-0.3, -0.25) is 29.3 Å². The minimum Gasteiger partial charge on any atom is -0.465 e. The minimum absolute atomic E-state index is 0.00109. The van der Waals surface area contributed by atoms with Gasteiger partial charge in [0.1, 0.15) is 6.04 Å². The number of likely N-dealkylation sites (N-methyl/N-ethyl adjacent to an activating group) is 2. The molecule has 5 aliphatic heterocycles. The molecule has 19 heteroatoms. The zero-order chi connectivity index (χ0) is 50.0. The number of esters is 1. The maximum absolute atomic E-state index is 15.5. The van der Waals surface area contributed by atoms with Gasteiger partial charge in [-0.2, -0.15) is 0 Å². The number of carbonyl (C=O) groups excluding carboxylic acids is 4. The second-order valence-corrected chi connectivity index (χ2v) is 26.9. The molecular formula is C51H66N9O6SSi3. The highest BCUT2D eigenvalue weighted by atomic mass is 32.1. The van der Waals surface area contributed by atoms with Crippen LogP contribution in [0.15, 0.2) is 41.9 Å². The number of carbonyl (C=O) groups is 4. The van der Waals surface area contributed by atoms with Crippen LogP contribution in [0, 0.1) is 22.7 Å². The van der Waals surface area contributed by atoms with E-state index < -0.39 is 27.3 Å². The van der Waals surface area contributed by atoms with Gasteiger partial charge >= 0.3 is 12.0 Å². The van der Waals surface area contributed by atoms with Gasteiger partial charge in [-0.15, -0.1) is 11.3 Å². The number of hydrogen-bond donors (Lipinski definition) is 1. The lowest BCUT2D eigenvalue weighted by Gasteiger charge is -2.45. The molecule has 1 saturated carbocycles. The SMILES string of the molecule is CCn1c(-c2cccnc2[C@@](C)([Si])OC)c2c3cc(ccc31)-c1csc(n1)CC1(C(=O)N3CCC[C@@H](C(=O)OCC(C)(C)C2)C2[Si]N23)C2[Si]C21NC(=O)[C@H](C(C)C)N(C)C(=O)N1C[C@H](C)N(C)C[C@H]1C. The summed E-state index contributed by atoms with van der Waals surface area (Å²) in [6, 6.07) is 9.91. The van der Waals surface area contributed by atoms with E-state index in [-0.39, 0.29) is 75.2 Å². The molecule has 1 spiro atoms. The summed E-state index contributed by atoms with van der Waals surface area (Å²) in [4.78, 5) is 74.7. The van der Waals surface area contributed by atoms with Crippen LogP contribution < -0.4 is 5.32 Å². The number of nitrogens with one attached hydrogen (secondary N) is 1. The van der Waals surface area contributed by atoms with E-state index in [2.05, 4.69) is 101 Å². The highest BCUT2D eigenvalue weighted by Crippen LogP contribution is 2.81. The number of nitrogens with zero attached hydrogens (tertiary/aromatic N) is 8. The van der Waals surface area contributed by atoms with Gasteiger partial charge in [0.2, 0.25) is 11.8 Å². The lowest BCUT2D eigenvalue weighted by Crippen LogP contribution is -2.62. The summed E-state index contributed by atoms with van der Waals surface area (Å²) >= 11 is 1.56. The van der Waals surface area contributed by atoms with Crippen molar-refractivity contribution in [2.24, 2.45) is 22.7 Å². The lowest BCUT2D eigenvalue weighted by atomic mass is 9.84. The number of cyclic esters (lactones) is 1. The van der Waals surface area contributed by atoms with Crippen LogP contribution in [-0.4, -0.2) is 169 Å². The smallest absolute Gasteiger partial charge is 0.320 e. The molecular weight excluding hydrogens is 951 g/mol. The molecule has 5 fully saturated rings. The number of thiazole rings is 1. The number of fused-ring (bicyclic) bond motifs is 7. The van der Waals surface area contributed by atoms with Crippen LogP contribution in [0.3, 0.4) is 0 Å². The van der Waals surface area contributed by atoms with E-state index in [0.717, 1.165) is 56.2 Å². The van der Waals surface area contributed by atoms with Gasteiger partial charge in [0.05, 0.1) is 65.0 Å². The van der Waals surface area contributed by atoms with Crippen molar-refractivity contribution in [2.45, 2.75) is 127 Å². The molecule has 6 aliphatic rings. The van der Waals surface area contributed by atoms with E-state index in [1.165, 1.54) is 0 Å². The molecule has 4 aromatic rings. The summed E-state index contributed by atoms with van der Waals surface area (Å²) < 4.78 is 16.7. The zero-order valence-electron chi connectivity index (χ0n) is 42.4. The number of benzene rings is 1. The van der Waals surface area contributed by atoms with E-state index in [0.29, 0.717) is 54.8 Å². The van der Waals surface area contributed by atoms with E-state index in [1.54, 1.807) is 36.6 Å². The number of amides is 4. The van der Waals surface area contributed by atoms with Gasteiger partial charge in [0, 0.05) is 109 Å². The van der Waals surface area contributed by atoms with Gasteiger partial charge in [-0.1, -0.05) is 33.8 Å². The van der Waals surface area contributed by atoms with E-state index in [4.69, 9.17) is 19.4 Å². The fourth-order valence-electron chi connectivity index (χ4n) is 11.9. The highest BCUT2D eigenvalue weighted by molar-refractivity contribution is 7.10. The first-order chi connectivity index (χ1) is 33.2. The number of aromatic nitrogens is 3. The first-order valence-corrected chi connectivity index (χ1v) is 28.4. The monoisotopic (exact) mass is 1020 g/mol. The quantitative estimate of drug-likeness (QED) is 0.140. The van der Waals surface area contributed by atoms with Gasteiger partial charge in [0.15, 0.2) is 9.68 Å². The Morgan fingerprint density at radius 1 is 1.14 bits per heavy atom. The summed E-state index contributed by atoms with van der Waals surface area (Å²) in [7, 11) is 10.0. The molecule has 5 unspecified atom stereocenters. The summed E-state index contributed by atoms with van der Waals surface area (Å²) in [5, 5.41) is 7.79. The number of piperazine rings is 1. The van der Waals surface area contributed by atoms with Crippen molar-refractivity contribution in [2.75, 3.05) is 47.4 Å². The molecule has 7 radical (unpaired) electrons. The maximum atomic E-state index is 15.5. The predicted molar refractivity (Wildman–Crippen MR) is 273 cm³/mol. The second-order valence-electron chi connectivity index (χ2n) is 22.0. The maximum Gasteiger partial charge on any atom is 0.320 e. The van der Waals surface area contributed by atoms with E-state index in [9.17, 15) is 14.4 Å². The van der Waals surface area contributed by atoms with Crippen LogP contribution in [0.4, 0.5) is 4.79 Å². The van der Waals surface area contributed by atoms with Crippen molar-refractivity contribution in [3.8, 4) is 22.5 Å². The van der Waals surface area contributed by atoms with Gasteiger partial charge in [-0.25, -0.2) is 14.5 Å². The Hall–Kier alpha value is -4.25. The molecule has 1 aromatic carbocycles. The number of hydrogen-bond acceptors (Lipinski definition) is 11. The topological polar surface area (TPSA) is 145 Å². The lowest BCUT2D eigenvalue weighted by molar-refractivity contribution is -0.154. The normalized spacial score (nSPS) is 30.7. The molecule has 1 aliphatic carbocycles. The number of rotatable bonds is 8. The summed E-state index contributed by atoms with van der Waals surface area (Å²) in [6.45, 7) is 19.3. The third kappa shape index (κ3) is 8.04. The van der Waals surface area contributed by atoms with Crippen molar-refractivity contribution < 1.29 is 28.7 Å². The van der Waals surface area contributed by atoms with Crippen LogP contribution in [-0.2, 0) is 48.5 Å². The van der Waals surface area contributed by atoms with Crippen LogP contribution in [0.2, 0.25) is 5.54 Å². The number of ether oxygens (including phenoxy) is 2. The summed E-state index contributed by atoms with van der Waals surface area (Å²) in [6.07, 6.45) is 4.06. The molecule has 1 N–H and O–H groups in total. The molecule has 8 heterocycles. The van der Waals surface area contributed by atoms with Gasteiger partial charge in [-0.05, 0) is 95.3 Å². The van der Waals surface area contributed by atoms with Crippen molar-refractivity contribution in [1.82, 2.24) is 44.2 Å². The fourth-order valence-corrected chi connectivity index (χ4v) is 16.4. The third-order valence-electron chi connectivity index (χ3n) is 16.2. The number of hydrazine groups is 1. The molecule has 369 valence electrons. The highest BCUT2D eigenvalue weighted by Gasteiger charge is 2.94. The minimum atomic E-state index is -0.912. The summed E-state index contributed by atoms with van der Waals surface area (Å²) in [5.41, 5.74) is 5.20. The molecule has 4 amide bonds. The average Bonchev–Trinajstić information content (AvgIpc) is 4.26. The first kappa shape index (κ1) is 49.3. The number of methoxy groups -OCH3 is 1. The molecule has 10 rings (SSSR count). The van der Waals surface area contributed by atoms with Crippen LogP contribution in [0.25, 0.3) is 33.4 Å². The van der Waals surface area contributed by atoms with Crippen molar-refractivity contribution in [3.05, 3.63) is 58.2 Å². The van der Waals surface area contributed by atoms with Gasteiger partial charge in [0.25, 0.3) is 0 Å². The fraction of sp³-hybridized carbons (Fsp3) is 0.608. The zero-order valence-corrected chi connectivity index (χ0v) is 46.2. The Bertz CT molecular complexity index is 2770. The van der Waals surface area contributed by atoms with Crippen LogP contribution >= 0.6 is 11.3 Å². The van der Waals surface area contributed by atoms with Crippen LogP contribution in [0.1, 0.15) is 84.5 Å². The van der Waals surface area contributed by atoms with Gasteiger partial charge < -0.3 is 29.2 Å². The van der Waals surface area contributed by atoms with Crippen molar-refractivity contribution >= 4 is 75.5 Å². The number of aryl methyl sites for hydroxylation is 1. The number of pyridine rings is 1. The summed E-state index contributed by atoms with van der Waals surface area (Å²) in [5.74, 6) is -0.988. The molecule has 3 aromatic heterocycles. The molecule has 70 heavy (non-hydrogen) atoms. The second kappa shape index (κ2) is 17.8. The van der Waals surface area contributed by atoms with Crippen molar-refractivity contribution in [3.63, 3.8) is 0 Å². The Morgan fingerprint density at radius 3 is 2.63 bits per heavy atom. The Balaban J connectivity index is 1.03. The standard InChI is InChI=1S/C51H66N9O6SSi3/c1-12-57-37-18-17-31-21-34(37)35(40(57)32-15-13-19-52-41(32)49(8,68)65-11)22-48(6,7)27-66-44(62)33-16-14-20-59(60-43(33)70-60)46(63)50(23-38-53-36(31)26-67-38)45-51(50,69-45)54-42(61)39(28(2)3)56(10)47(64)58-25-29(4)55(9)24-30(58)5/h13,15,17-19,21,26,28-30,33,39,43,45H,12,14,16,20,22-25,27H2,1-11H3,(H,54,61)/t29-,30+,33+,39-,43?,45?,49+,50?,51?,60?/m0/s1. The molecule has 15 nitrogen and oxygen atoms in total. The average molecular weight is 1020 g/mol. The molecule has 10 atom stereocenters. The third-order valence-corrected chi connectivity index (χ3v) is 21.1. The predicted octanol–water partition coefficient (Wildman–Crippen LogP) is 5.34. The van der Waals surface area contributed by atoms with E-state index >= 15 is 4.79 Å². The first-order valence-electron chi connectivity index (χ1n) is 24.9. The van der Waals surface area contributed by atoms with Crippen molar-refractivity contribution in [1.29, 1.82) is 0 Å². The Kier molecular flexibility index (Phi) is 12.5.